The standard InChI is InChI=1S/C15H13Br2FO3/c1-20-13-5-8(16)3-4-9(13)15(19)10-6-11(17)12(18)7-14(10)21-2/h3-7,15,19H,1-2H3. The molecule has 1 N–H and O–H groups in total. The Labute approximate surface area is 139 Å². The molecule has 0 radical (unpaired) electrons. The molecule has 3 nitrogen and oxygen atoms in total. The molecule has 0 aromatic heterocycles. The Morgan fingerprint density at radius 2 is 1.62 bits per heavy atom. The number of aliphatic hydroxyl groups is 1. The maximum absolute atomic E-state index is 13.6. The van der Waals surface area contributed by atoms with E-state index in [0.717, 1.165) is 4.47 Å². The van der Waals surface area contributed by atoms with Crippen LogP contribution in [0.3, 0.4) is 0 Å². The lowest BCUT2D eigenvalue weighted by molar-refractivity contribution is 0.209. The summed E-state index contributed by atoms with van der Waals surface area (Å²) < 4.78 is 25.1. The van der Waals surface area contributed by atoms with Crippen LogP contribution in [0.4, 0.5) is 4.39 Å². The van der Waals surface area contributed by atoms with Crippen molar-refractivity contribution < 1.29 is 19.0 Å². The summed E-state index contributed by atoms with van der Waals surface area (Å²) in [6.45, 7) is 0. The average Bonchev–Trinajstić information content (AvgIpc) is 2.48. The van der Waals surface area contributed by atoms with Gasteiger partial charge in [0.25, 0.3) is 0 Å². The summed E-state index contributed by atoms with van der Waals surface area (Å²) in [6, 6.07) is 8.02. The molecule has 0 aliphatic carbocycles. The number of hydrogen-bond acceptors (Lipinski definition) is 3. The highest BCUT2D eigenvalue weighted by molar-refractivity contribution is 9.10. The monoisotopic (exact) mass is 418 g/mol. The van der Waals surface area contributed by atoms with Gasteiger partial charge in [0.05, 0.1) is 18.7 Å². The van der Waals surface area contributed by atoms with Gasteiger partial charge in [0.1, 0.15) is 23.4 Å². The third-order valence-electron chi connectivity index (χ3n) is 3.06. The topological polar surface area (TPSA) is 38.7 Å². The van der Waals surface area contributed by atoms with Crippen LogP contribution >= 0.6 is 31.9 Å². The number of aliphatic hydroxyl groups excluding tert-OH is 1. The Kier molecular flexibility index (Phi) is 5.24. The number of ether oxygens (including phenoxy) is 2. The highest BCUT2D eigenvalue weighted by atomic mass is 79.9. The first-order chi connectivity index (χ1) is 9.97. The van der Waals surface area contributed by atoms with E-state index >= 15 is 0 Å². The minimum absolute atomic E-state index is 0.258. The summed E-state index contributed by atoms with van der Waals surface area (Å²) >= 11 is 6.47. The average molecular weight is 420 g/mol. The molecule has 0 saturated carbocycles. The van der Waals surface area contributed by atoms with Crippen molar-refractivity contribution in [3.8, 4) is 11.5 Å². The second-order valence-electron chi connectivity index (χ2n) is 4.30. The van der Waals surface area contributed by atoms with Crippen LogP contribution in [0.15, 0.2) is 39.3 Å². The molecule has 0 saturated heterocycles. The molecular weight excluding hydrogens is 407 g/mol. The molecule has 2 rings (SSSR count). The summed E-state index contributed by atoms with van der Waals surface area (Å²) in [4.78, 5) is 0. The molecule has 1 unspecified atom stereocenters. The van der Waals surface area contributed by atoms with Crippen molar-refractivity contribution in [2.75, 3.05) is 14.2 Å². The molecule has 21 heavy (non-hydrogen) atoms. The van der Waals surface area contributed by atoms with Gasteiger partial charge < -0.3 is 14.6 Å². The Balaban J connectivity index is 2.54. The molecule has 0 bridgehead atoms. The van der Waals surface area contributed by atoms with Crippen molar-refractivity contribution in [1.29, 1.82) is 0 Å². The molecule has 0 heterocycles. The van der Waals surface area contributed by atoms with Crippen LogP contribution < -0.4 is 9.47 Å². The van der Waals surface area contributed by atoms with E-state index in [9.17, 15) is 9.50 Å². The minimum Gasteiger partial charge on any atom is -0.496 e. The van der Waals surface area contributed by atoms with Gasteiger partial charge in [-0.15, -0.1) is 0 Å². The molecule has 2 aromatic rings. The second kappa shape index (κ2) is 6.77. The van der Waals surface area contributed by atoms with Gasteiger partial charge in [0, 0.05) is 21.7 Å². The predicted molar refractivity (Wildman–Crippen MR) is 85.4 cm³/mol. The first-order valence-electron chi connectivity index (χ1n) is 6.02. The summed E-state index contributed by atoms with van der Waals surface area (Å²) in [5.74, 6) is 0.345. The van der Waals surface area contributed by atoms with Crippen LogP contribution in [0, 0.1) is 5.82 Å². The van der Waals surface area contributed by atoms with E-state index in [0.29, 0.717) is 16.9 Å². The lowest BCUT2D eigenvalue weighted by Crippen LogP contribution is -2.05. The molecule has 112 valence electrons. The van der Waals surface area contributed by atoms with Crippen LogP contribution in [0.1, 0.15) is 17.2 Å². The molecule has 0 aliphatic heterocycles. The van der Waals surface area contributed by atoms with Crippen molar-refractivity contribution >= 4 is 31.9 Å². The van der Waals surface area contributed by atoms with Gasteiger partial charge in [0.15, 0.2) is 0 Å². The first kappa shape index (κ1) is 16.3. The van der Waals surface area contributed by atoms with Crippen LogP contribution in [0.2, 0.25) is 0 Å². The Morgan fingerprint density at radius 3 is 2.24 bits per heavy atom. The predicted octanol–water partition coefficient (Wildman–Crippen LogP) is 4.45. The molecule has 0 aliphatic rings. The smallest absolute Gasteiger partial charge is 0.141 e. The van der Waals surface area contributed by atoms with Crippen molar-refractivity contribution in [1.82, 2.24) is 0 Å². The lowest BCUT2D eigenvalue weighted by Gasteiger charge is -2.18. The zero-order chi connectivity index (χ0) is 15.6. The third-order valence-corrected chi connectivity index (χ3v) is 4.16. The molecule has 2 aromatic carbocycles. The van der Waals surface area contributed by atoms with Gasteiger partial charge in [-0.3, -0.25) is 0 Å². The SMILES string of the molecule is COc1cc(Br)ccc1C(O)c1cc(Br)c(F)cc1OC. The van der Waals surface area contributed by atoms with E-state index in [2.05, 4.69) is 31.9 Å². The number of rotatable bonds is 4. The third kappa shape index (κ3) is 3.39. The molecule has 0 spiro atoms. The van der Waals surface area contributed by atoms with E-state index < -0.39 is 11.9 Å². The molecule has 6 heteroatoms. The van der Waals surface area contributed by atoms with Gasteiger partial charge in [-0.2, -0.15) is 0 Å². The fraction of sp³-hybridized carbons (Fsp3) is 0.200. The zero-order valence-corrected chi connectivity index (χ0v) is 14.5. The maximum atomic E-state index is 13.6. The van der Waals surface area contributed by atoms with Gasteiger partial charge in [-0.05, 0) is 34.1 Å². The van der Waals surface area contributed by atoms with Crippen molar-refractivity contribution in [3.63, 3.8) is 0 Å². The Morgan fingerprint density at radius 1 is 1.00 bits per heavy atom. The molecule has 1 atom stereocenters. The van der Waals surface area contributed by atoms with Crippen molar-refractivity contribution in [2.45, 2.75) is 6.10 Å². The number of halogens is 3. The van der Waals surface area contributed by atoms with Gasteiger partial charge in [-0.1, -0.05) is 22.0 Å². The molecule has 0 fully saturated rings. The molecule has 0 amide bonds. The van der Waals surface area contributed by atoms with E-state index in [4.69, 9.17) is 9.47 Å². The summed E-state index contributed by atoms with van der Waals surface area (Å²) in [6.07, 6.45) is -1.00. The maximum Gasteiger partial charge on any atom is 0.141 e. The minimum atomic E-state index is -1.00. The fourth-order valence-corrected chi connectivity index (χ4v) is 2.71. The van der Waals surface area contributed by atoms with E-state index in [1.165, 1.54) is 26.4 Å². The number of hydrogen-bond donors (Lipinski definition) is 1. The Bertz CT molecular complexity index is 662. The van der Waals surface area contributed by atoms with Gasteiger partial charge in [-0.25, -0.2) is 4.39 Å². The highest BCUT2D eigenvalue weighted by Crippen LogP contribution is 2.38. The van der Waals surface area contributed by atoms with Crippen LogP contribution in [-0.4, -0.2) is 19.3 Å². The van der Waals surface area contributed by atoms with Gasteiger partial charge in [0.2, 0.25) is 0 Å². The second-order valence-corrected chi connectivity index (χ2v) is 6.07. The van der Waals surface area contributed by atoms with E-state index in [1.54, 1.807) is 18.2 Å². The van der Waals surface area contributed by atoms with Crippen LogP contribution in [-0.2, 0) is 0 Å². The van der Waals surface area contributed by atoms with Crippen molar-refractivity contribution in [2.24, 2.45) is 0 Å². The Hall–Kier alpha value is -1.11. The summed E-state index contributed by atoms with van der Waals surface area (Å²) in [7, 11) is 2.95. The summed E-state index contributed by atoms with van der Waals surface area (Å²) in [5, 5.41) is 10.6. The van der Waals surface area contributed by atoms with Gasteiger partial charge >= 0.3 is 0 Å². The number of benzene rings is 2. The largest absolute Gasteiger partial charge is 0.496 e. The molecular formula is C15H13Br2FO3. The van der Waals surface area contributed by atoms with E-state index in [-0.39, 0.29) is 10.2 Å². The van der Waals surface area contributed by atoms with Crippen LogP contribution in [0.5, 0.6) is 11.5 Å². The first-order valence-corrected chi connectivity index (χ1v) is 7.61. The fourth-order valence-electron chi connectivity index (χ4n) is 2.01. The van der Waals surface area contributed by atoms with E-state index in [1.807, 2.05) is 0 Å². The normalized spacial score (nSPS) is 12.1. The van der Waals surface area contributed by atoms with Crippen LogP contribution in [0.25, 0.3) is 0 Å². The zero-order valence-electron chi connectivity index (χ0n) is 11.4. The summed E-state index contributed by atoms with van der Waals surface area (Å²) in [5.41, 5.74) is 1.02. The number of methoxy groups -OCH3 is 2. The lowest BCUT2D eigenvalue weighted by atomic mass is 9.99. The quantitative estimate of drug-likeness (QED) is 0.795. The highest BCUT2D eigenvalue weighted by Gasteiger charge is 2.21. The van der Waals surface area contributed by atoms with Crippen molar-refractivity contribution in [3.05, 3.63) is 56.2 Å².